The molecule has 2 rings (SSSR count). The third-order valence-electron chi connectivity index (χ3n) is 3.76. The zero-order valence-corrected chi connectivity index (χ0v) is 12.7. The lowest BCUT2D eigenvalue weighted by Crippen LogP contribution is -2.48. The molecule has 1 aromatic rings. The van der Waals surface area contributed by atoms with Crippen LogP contribution in [-0.2, 0) is 10.0 Å². The van der Waals surface area contributed by atoms with Crippen molar-refractivity contribution in [2.45, 2.75) is 50.2 Å². The van der Waals surface area contributed by atoms with Gasteiger partial charge in [0.25, 0.3) is 0 Å². The van der Waals surface area contributed by atoms with Gasteiger partial charge in [-0.2, -0.15) is 4.31 Å². The molecule has 0 saturated carbocycles. The predicted octanol–water partition coefficient (Wildman–Crippen LogP) is 2.06. The molecule has 112 valence electrons. The summed E-state index contributed by atoms with van der Waals surface area (Å²) in [4.78, 5) is -0.0198. The van der Waals surface area contributed by atoms with Crippen LogP contribution in [0.5, 0.6) is 0 Å². The Morgan fingerprint density at radius 3 is 2.65 bits per heavy atom. The van der Waals surface area contributed by atoms with E-state index in [9.17, 15) is 17.9 Å². The minimum atomic E-state index is -3.79. The molecule has 1 saturated heterocycles. The number of benzene rings is 1. The Morgan fingerprint density at radius 2 is 2.05 bits per heavy atom. The summed E-state index contributed by atoms with van der Waals surface area (Å²) in [6.45, 7) is 5.20. The van der Waals surface area contributed by atoms with Gasteiger partial charge in [0.15, 0.2) is 0 Å². The molecule has 1 unspecified atom stereocenters. The van der Waals surface area contributed by atoms with E-state index in [1.165, 1.54) is 16.4 Å². The third-order valence-corrected chi connectivity index (χ3v) is 5.81. The van der Waals surface area contributed by atoms with Crippen molar-refractivity contribution in [3.63, 3.8) is 0 Å². The highest BCUT2D eigenvalue weighted by Crippen LogP contribution is 2.33. The van der Waals surface area contributed by atoms with E-state index in [1.807, 2.05) is 0 Å². The molecule has 1 atom stereocenters. The zero-order chi connectivity index (χ0) is 15.1. The molecular formula is C14H20FNO3S. The van der Waals surface area contributed by atoms with E-state index in [1.54, 1.807) is 20.8 Å². The normalized spacial score (nSPS) is 21.4. The van der Waals surface area contributed by atoms with Crippen molar-refractivity contribution in [2.24, 2.45) is 0 Å². The van der Waals surface area contributed by atoms with Crippen LogP contribution in [0.25, 0.3) is 0 Å². The van der Waals surface area contributed by atoms with Gasteiger partial charge < -0.3 is 5.11 Å². The Balaban J connectivity index is 2.47. The highest BCUT2D eigenvalue weighted by Gasteiger charge is 2.43. The van der Waals surface area contributed by atoms with Crippen molar-refractivity contribution in [2.75, 3.05) is 6.54 Å². The van der Waals surface area contributed by atoms with Crippen molar-refractivity contribution in [3.05, 3.63) is 29.6 Å². The Morgan fingerprint density at radius 1 is 1.40 bits per heavy atom. The van der Waals surface area contributed by atoms with E-state index in [2.05, 4.69) is 0 Å². The van der Waals surface area contributed by atoms with E-state index < -0.39 is 27.5 Å². The maximum Gasteiger partial charge on any atom is 0.243 e. The van der Waals surface area contributed by atoms with Crippen molar-refractivity contribution in [1.29, 1.82) is 0 Å². The van der Waals surface area contributed by atoms with Crippen LogP contribution in [-0.4, -0.2) is 36.0 Å². The molecule has 1 aliphatic heterocycles. The Labute approximate surface area is 119 Å². The van der Waals surface area contributed by atoms with Gasteiger partial charge in [-0.1, -0.05) is 6.07 Å². The molecule has 20 heavy (non-hydrogen) atoms. The molecule has 0 bridgehead atoms. The Hall–Kier alpha value is -0.980. The standard InChI is InChI=1S/C14H20FNO3S/c1-10-6-7-11(15)9-12(10)20(18,19)16-8-4-5-13(16)14(2,3)17/h6-7,9,13,17H,4-5,8H2,1-3H3. The molecule has 1 aliphatic rings. The maximum atomic E-state index is 13.4. The molecule has 0 radical (unpaired) electrons. The van der Waals surface area contributed by atoms with Gasteiger partial charge in [0.1, 0.15) is 5.82 Å². The van der Waals surface area contributed by atoms with E-state index in [4.69, 9.17) is 0 Å². The number of sulfonamides is 1. The summed E-state index contributed by atoms with van der Waals surface area (Å²) < 4.78 is 40.1. The minimum Gasteiger partial charge on any atom is -0.389 e. The van der Waals surface area contributed by atoms with Gasteiger partial charge >= 0.3 is 0 Å². The summed E-state index contributed by atoms with van der Waals surface area (Å²) in [6, 6.07) is 3.27. The fourth-order valence-electron chi connectivity index (χ4n) is 2.71. The molecule has 0 spiro atoms. The number of halogens is 1. The fourth-order valence-corrected chi connectivity index (χ4v) is 4.77. The number of hydrogen-bond donors (Lipinski definition) is 1. The van der Waals surface area contributed by atoms with Crippen LogP contribution in [0.4, 0.5) is 4.39 Å². The second-order valence-corrected chi connectivity index (χ2v) is 7.70. The van der Waals surface area contributed by atoms with Crippen LogP contribution in [0.3, 0.4) is 0 Å². The minimum absolute atomic E-state index is 0.0198. The van der Waals surface area contributed by atoms with E-state index in [0.717, 1.165) is 6.07 Å². The zero-order valence-electron chi connectivity index (χ0n) is 11.9. The molecule has 0 aromatic heterocycles. The first-order valence-electron chi connectivity index (χ1n) is 6.64. The molecule has 6 heteroatoms. The number of nitrogens with zero attached hydrogens (tertiary/aromatic N) is 1. The van der Waals surface area contributed by atoms with Gasteiger partial charge in [-0.05, 0) is 51.3 Å². The number of hydrogen-bond acceptors (Lipinski definition) is 3. The van der Waals surface area contributed by atoms with Gasteiger partial charge in [0.05, 0.1) is 16.5 Å². The average Bonchev–Trinajstić information content (AvgIpc) is 2.81. The molecule has 0 amide bonds. The average molecular weight is 301 g/mol. The summed E-state index contributed by atoms with van der Waals surface area (Å²) in [6.07, 6.45) is 1.30. The van der Waals surface area contributed by atoms with Crippen LogP contribution >= 0.6 is 0 Å². The Bertz CT molecular complexity index is 607. The monoisotopic (exact) mass is 301 g/mol. The van der Waals surface area contributed by atoms with E-state index >= 15 is 0 Å². The lowest BCUT2D eigenvalue weighted by Gasteiger charge is -2.33. The van der Waals surface area contributed by atoms with Gasteiger partial charge in [0, 0.05) is 6.54 Å². The van der Waals surface area contributed by atoms with E-state index in [0.29, 0.717) is 24.9 Å². The summed E-state index contributed by atoms with van der Waals surface area (Å²) in [5.74, 6) is -0.576. The summed E-state index contributed by atoms with van der Waals surface area (Å²) in [5, 5.41) is 10.1. The highest BCUT2D eigenvalue weighted by molar-refractivity contribution is 7.89. The number of rotatable bonds is 3. The SMILES string of the molecule is Cc1ccc(F)cc1S(=O)(=O)N1CCCC1C(C)(C)O. The van der Waals surface area contributed by atoms with Gasteiger partial charge in [0.2, 0.25) is 10.0 Å². The smallest absolute Gasteiger partial charge is 0.243 e. The molecular weight excluding hydrogens is 281 g/mol. The first-order chi connectivity index (χ1) is 9.14. The van der Waals surface area contributed by atoms with Crippen molar-refractivity contribution in [3.8, 4) is 0 Å². The highest BCUT2D eigenvalue weighted by atomic mass is 32.2. The Kier molecular flexibility index (Phi) is 3.92. The van der Waals surface area contributed by atoms with Gasteiger partial charge in [-0.25, -0.2) is 12.8 Å². The lowest BCUT2D eigenvalue weighted by atomic mass is 9.98. The number of aryl methyl sites for hydroxylation is 1. The molecule has 1 heterocycles. The van der Waals surface area contributed by atoms with Crippen LogP contribution in [0.2, 0.25) is 0 Å². The predicted molar refractivity (Wildman–Crippen MR) is 74.3 cm³/mol. The van der Waals surface area contributed by atoms with Crippen molar-refractivity contribution in [1.82, 2.24) is 4.31 Å². The number of aliphatic hydroxyl groups is 1. The fraction of sp³-hybridized carbons (Fsp3) is 0.571. The van der Waals surface area contributed by atoms with Crippen LogP contribution in [0, 0.1) is 12.7 Å². The largest absolute Gasteiger partial charge is 0.389 e. The quantitative estimate of drug-likeness (QED) is 0.929. The molecule has 1 fully saturated rings. The van der Waals surface area contributed by atoms with Crippen LogP contribution in [0.15, 0.2) is 23.1 Å². The van der Waals surface area contributed by atoms with Gasteiger partial charge in [-0.15, -0.1) is 0 Å². The summed E-state index contributed by atoms with van der Waals surface area (Å²) >= 11 is 0. The third kappa shape index (κ3) is 2.73. The second-order valence-electron chi connectivity index (χ2n) is 5.84. The van der Waals surface area contributed by atoms with Crippen molar-refractivity contribution < 1.29 is 17.9 Å². The van der Waals surface area contributed by atoms with Crippen LogP contribution < -0.4 is 0 Å². The molecule has 4 nitrogen and oxygen atoms in total. The molecule has 0 aliphatic carbocycles. The lowest BCUT2D eigenvalue weighted by molar-refractivity contribution is 0.0215. The molecule has 1 aromatic carbocycles. The maximum absolute atomic E-state index is 13.4. The van der Waals surface area contributed by atoms with Crippen LogP contribution in [0.1, 0.15) is 32.3 Å². The molecule has 1 N–H and O–H groups in total. The second kappa shape index (κ2) is 5.09. The first kappa shape index (κ1) is 15.4. The first-order valence-corrected chi connectivity index (χ1v) is 8.08. The van der Waals surface area contributed by atoms with Gasteiger partial charge in [-0.3, -0.25) is 0 Å². The topological polar surface area (TPSA) is 57.6 Å². The summed E-state index contributed by atoms with van der Waals surface area (Å²) in [7, 11) is -3.79. The summed E-state index contributed by atoms with van der Waals surface area (Å²) in [5.41, 5.74) is -0.613. The van der Waals surface area contributed by atoms with E-state index in [-0.39, 0.29) is 4.90 Å². The van der Waals surface area contributed by atoms with Crippen molar-refractivity contribution >= 4 is 10.0 Å².